The molecule has 4 aromatic rings. The number of anilines is 2. The van der Waals surface area contributed by atoms with Gasteiger partial charge in [0.2, 0.25) is 0 Å². The lowest BCUT2D eigenvalue weighted by Gasteiger charge is -2.13. The van der Waals surface area contributed by atoms with Crippen molar-refractivity contribution >= 4 is 40.0 Å². The summed E-state index contributed by atoms with van der Waals surface area (Å²) in [6, 6.07) is 5.49. The molecule has 3 N–H and O–H groups in total. The number of nitrogens with one attached hydrogen (secondary N) is 3. The molecule has 0 spiro atoms. The summed E-state index contributed by atoms with van der Waals surface area (Å²) in [6.07, 6.45) is -0.512. The minimum atomic E-state index is -4.63. The fraction of sp³-hybridized carbons (Fsp3) is 0.100. The Hall–Kier alpha value is -3.73. The van der Waals surface area contributed by atoms with Crippen molar-refractivity contribution in [2.75, 3.05) is 10.6 Å². The van der Waals surface area contributed by atoms with Crippen LogP contribution in [0.15, 0.2) is 48.9 Å². The van der Waals surface area contributed by atoms with Gasteiger partial charge in [-0.05, 0) is 35.9 Å². The topological polar surface area (TPSA) is 95.6 Å². The molecule has 32 heavy (non-hydrogen) atoms. The van der Waals surface area contributed by atoms with Crippen molar-refractivity contribution in [3.8, 4) is 0 Å². The lowest BCUT2D eigenvalue weighted by molar-refractivity contribution is -0.137. The Morgan fingerprint density at radius 3 is 2.69 bits per heavy atom. The van der Waals surface area contributed by atoms with Crippen LogP contribution in [0.25, 0.3) is 11.0 Å². The highest BCUT2D eigenvalue weighted by atomic mass is 35.5. The van der Waals surface area contributed by atoms with Crippen LogP contribution >= 0.6 is 11.6 Å². The summed E-state index contributed by atoms with van der Waals surface area (Å²) in [7, 11) is 0. The highest BCUT2D eigenvalue weighted by molar-refractivity contribution is 6.31. The SMILES string of the molecule is O=C(Nc1ccc(C(F)(F)F)c(Cl)c1)c1cc(F)cnc1NCc1ccnc2[nH]ncc12. The van der Waals surface area contributed by atoms with E-state index in [0.717, 1.165) is 41.4 Å². The first-order valence-electron chi connectivity index (χ1n) is 9.07. The van der Waals surface area contributed by atoms with Gasteiger partial charge >= 0.3 is 6.18 Å². The number of nitrogens with zero attached hydrogens (tertiary/aromatic N) is 3. The minimum Gasteiger partial charge on any atom is -0.365 e. The van der Waals surface area contributed by atoms with Gasteiger partial charge in [-0.1, -0.05) is 11.6 Å². The summed E-state index contributed by atoms with van der Waals surface area (Å²) >= 11 is 5.69. The number of carbonyl (C=O) groups is 1. The number of aromatic nitrogens is 4. The lowest BCUT2D eigenvalue weighted by Crippen LogP contribution is -2.16. The summed E-state index contributed by atoms with van der Waals surface area (Å²) in [6.45, 7) is 0.226. The number of rotatable bonds is 5. The number of pyridine rings is 2. The van der Waals surface area contributed by atoms with Crippen molar-refractivity contribution in [2.24, 2.45) is 0 Å². The molecule has 0 bridgehead atoms. The normalized spacial score (nSPS) is 11.5. The number of hydrogen-bond acceptors (Lipinski definition) is 5. The summed E-state index contributed by atoms with van der Waals surface area (Å²) < 4.78 is 52.4. The van der Waals surface area contributed by atoms with Crippen molar-refractivity contribution in [3.05, 3.63) is 76.5 Å². The molecule has 1 aromatic carbocycles. The fourth-order valence-corrected chi connectivity index (χ4v) is 3.30. The standard InChI is InChI=1S/C20H13ClF4N6O/c21-16-6-12(1-2-15(16)20(23,24)25)30-19(32)13-5-11(22)8-28-17(13)27-7-10-3-4-26-18-14(10)9-29-31-18/h1-6,8-9H,7H2,(H,27,28)(H,30,32)(H,26,29,31). The number of hydrogen-bond donors (Lipinski definition) is 3. The van der Waals surface area contributed by atoms with E-state index in [9.17, 15) is 22.4 Å². The molecule has 3 aromatic heterocycles. The average molecular weight is 465 g/mol. The Labute approximate surface area is 182 Å². The molecule has 164 valence electrons. The van der Waals surface area contributed by atoms with Gasteiger partial charge in [0.1, 0.15) is 11.6 Å². The van der Waals surface area contributed by atoms with Gasteiger partial charge in [0, 0.05) is 23.8 Å². The summed E-state index contributed by atoms with van der Waals surface area (Å²) in [4.78, 5) is 20.8. The number of carbonyl (C=O) groups excluding carboxylic acids is 1. The van der Waals surface area contributed by atoms with E-state index in [1.165, 1.54) is 0 Å². The van der Waals surface area contributed by atoms with E-state index >= 15 is 0 Å². The monoisotopic (exact) mass is 464 g/mol. The maximum atomic E-state index is 13.8. The predicted molar refractivity (Wildman–Crippen MR) is 110 cm³/mol. The van der Waals surface area contributed by atoms with Crippen LogP contribution in [-0.4, -0.2) is 26.1 Å². The van der Waals surface area contributed by atoms with Crippen LogP contribution in [0.1, 0.15) is 21.5 Å². The van der Waals surface area contributed by atoms with E-state index in [2.05, 4.69) is 30.8 Å². The number of aromatic amines is 1. The Kier molecular flexibility index (Phi) is 5.66. The number of fused-ring (bicyclic) bond motifs is 1. The second kappa shape index (κ2) is 8.42. The third kappa shape index (κ3) is 4.47. The molecular weight excluding hydrogens is 452 g/mol. The fourth-order valence-electron chi connectivity index (χ4n) is 3.01. The number of benzene rings is 1. The molecule has 3 heterocycles. The van der Waals surface area contributed by atoms with Crippen LogP contribution in [0.2, 0.25) is 5.02 Å². The first-order chi connectivity index (χ1) is 15.2. The van der Waals surface area contributed by atoms with Crippen molar-refractivity contribution in [2.45, 2.75) is 12.7 Å². The number of alkyl halides is 3. The average Bonchev–Trinajstić information content (AvgIpc) is 3.21. The highest BCUT2D eigenvalue weighted by Gasteiger charge is 2.33. The third-order valence-corrected chi connectivity index (χ3v) is 4.83. The molecule has 0 unspecified atom stereocenters. The van der Waals surface area contributed by atoms with Gasteiger partial charge in [-0.25, -0.2) is 14.4 Å². The minimum absolute atomic E-state index is 0.0115. The van der Waals surface area contributed by atoms with E-state index < -0.39 is 28.5 Å². The Morgan fingerprint density at radius 2 is 1.94 bits per heavy atom. The molecule has 0 atom stereocenters. The molecule has 0 radical (unpaired) electrons. The van der Waals surface area contributed by atoms with Crippen molar-refractivity contribution in [3.63, 3.8) is 0 Å². The largest absolute Gasteiger partial charge is 0.417 e. The smallest absolute Gasteiger partial charge is 0.365 e. The van der Waals surface area contributed by atoms with E-state index in [0.29, 0.717) is 5.65 Å². The second-order valence-electron chi connectivity index (χ2n) is 6.65. The molecular formula is C20H13ClF4N6O. The molecule has 4 rings (SSSR count). The lowest BCUT2D eigenvalue weighted by atomic mass is 10.1. The van der Waals surface area contributed by atoms with Gasteiger partial charge in [0.05, 0.1) is 28.5 Å². The van der Waals surface area contributed by atoms with Gasteiger partial charge in [-0.2, -0.15) is 18.3 Å². The number of amides is 1. The molecule has 0 aliphatic heterocycles. The Balaban J connectivity index is 1.56. The Bertz CT molecular complexity index is 1310. The predicted octanol–water partition coefficient (Wildman–Crippen LogP) is 5.03. The Morgan fingerprint density at radius 1 is 1.12 bits per heavy atom. The second-order valence-corrected chi connectivity index (χ2v) is 7.06. The van der Waals surface area contributed by atoms with Crippen molar-refractivity contribution in [1.82, 2.24) is 20.2 Å². The molecule has 0 aliphatic carbocycles. The maximum Gasteiger partial charge on any atom is 0.417 e. The molecule has 0 fully saturated rings. The number of halogens is 5. The highest BCUT2D eigenvalue weighted by Crippen LogP contribution is 2.36. The molecule has 0 aliphatic rings. The molecule has 0 saturated carbocycles. The van der Waals surface area contributed by atoms with Gasteiger partial charge in [-0.3, -0.25) is 9.89 Å². The van der Waals surface area contributed by atoms with Gasteiger partial charge in [0.15, 0.2) is 5.65 Å². The van der Waals surface area contributed by atoms with Crippen molar-refractivity contribution in [1.29, 1.82) is 0 Å². The van der Waals surface area contributed by atoms with E-state index in [-0.39, 0.29) is 23.6 Å². The van der Waals surface area contributed by atoms with Crippen LogP contribution in [0.3, 0.4) is 0 Å². The molecule has 0 saturated heterocycles. The third-order valence-electron chi connectivity index (χ3n) is 4.52. The number of H-pyrrole nitrogens is 1. The van der Waals surface area contributed by atoms with Crippen LogP contribution < -0.4 is 10.6 Å². The van der Waals surface area contributed by atoms with Gasteiger partial charge < -0.3 is 10.6 Å². The summed E-state index contributed by atoms with van der Waals surface area (Å²) in [5, 5.41) is 12.2. The van der Waals surface area contributed by atoms with Crippen molar-refractivity contribution < 1.29 is 22.4 Å². The zero-order chi connectivity index (χ0) is 22.9. The molecule has 7 nitrogen and oxygen atoms in total. The zero-order valence-electron chi connectivity index (χ0n) is 16.0. The van der Waals surface area contributed by atoms with E-state index in [1.807, 2.05) is 0 Å². The maximum absolute atomic E-state index is 13.8. The zero-order valence-corrected chi connectivity index (χ0v) is 16.7. The summed E-state index contributed by atoms with van der Waals surface area (Å²) in [5.41, 5.74) is 0.218. The van der Waals surface area contributed by atoms with Gasteiger partial charge in [-0.15, -0.1) is 0 Å². The van der Waals surface area contributed by atoms with Crippen LogP contribution in [0.5, 0.6) is 0 Å². The quantitative estimate of drug-likeness (QED) is 0.360. The van der Waals surface area contributed by atoms with Crippen LogP contribution in [0, 0.1) is 5.82 Å². The van der Waals surface area contributed by atoms with Gasteiger partial charge in [0.25, 0.3) is 5.91 Å². The molecule has 1 amide bonds. The van der Waals surface area contributed by atoms with Crippen LogP contribution in [-0.2, 0) is 12.7 Å². The van der Waals surface area contributed by atoms with E-state index in [1.54, 1.807) is 18.5 Å². The summed E-state index contributed by atoms with van der Waals surface area (Å²) in [5.74, 6) is -1.46. The first-order valence-corrected chi connectivity index (χ1v) is 9.44. The van der Waals surface area contributed by atoms with Crippen LogP contribution in [0.4, 0.5) is 29.1 Å². The van der Waals surface area contributed by atoms with E-state index in [4.69, 9.17) is 11.6 Å². The molecule has 12 heteroatoms. The first kappa shape index (κ1) is 21.5.